The van der Waals surface area contributed by atoms with Gasteiger partial charge in [0.15, 0.2) is 0 Å². The Morgan fingerprint density at radius 2 is 2.06 bits per heavy atom. The smallest absolute Gasteiger partial charge is 0.119 e. The van der Waals surface area contributed by atoms with Gasteiger partial charge in [-0.2, -0.15) is 0 Å². The number of hydrogen-bond acceptors (Lipinski definition) is 1. The quantitative estimate of drug-likeness (QED) is 0.810. The summed E-state index contributed by atoms with van der Waals surface area (Å²) in [5.41, 5.74) is 2.29. The molecule has 0 radical (unpaired) electrons. The average Bonchev–Trinajstić information content (AvgIpc) is 2.84. The molecular weight excluding hydrogens is 264 g/mol. The molecule has 0 aromatic heterocycles. The van der Waals surface area contributed by atoms with Gasteiger partial charge in [-0.1, -0.05) is 22.4 Å². The lowest BCUT2D eigenvalue weighted by Crippen LogP contribution is -2.08. The van der Waals surface area contributed by atoms with E-state index in [2.05, 4.69) is 22.0 Å². The van der Waals surface area contributed by atoms with Crippen LogP contribution in [0.2, 0.25) is 0 Å². The highest BCUT2D eigenvalue weighted by atomic mass is 79.9. The first-order valence-corrected chi connectivity index (χ1v) is 6.93. The number of halogens is 1. The molecule has 2 aliphatic rings. The van der Waals surface area contributed by atoms with E-state index in [0.29, 0.717) is 11.7 Å². The van der Waals surface area contributed by atoms with E-state index in [0.717, 1.165) is 21.9 Å². The molecule has 3 unspecified atom stereocenters. The van der Waals surface area contributed by atoms with Crippen molar-refractivity contribution in [2.45, 2.75) is 38.5 Å². The second kappa shape index (κ2) is 3.76. The van der Waals surface area contributed by atoms with Gasteiger partial charge in [0.25, 0.3) is 0 Å². The van der Waals surface area contributed by atoms with Gasteiger partial charge >= 0.3 is 0 Å². The number of rotatable bonds is 1. The SMILES string of the molecule is Cc1cc(O)c(C2CC3CCC2C3)cc1Br. The van der Waals surface area contributed by atoms with Crippen LogP contribution in [0.1, 0.15) is 42.7 Å². The van der Waals surface area contributed by atoms with Gasteiger partial charge in [-0.25, -0.2) is 0 Å². The molecule has 1 N–H and O–H groups in total. The zero-order chi connectivity index (χ0) is 11.3. The molecule has 2 heteroatoms. The van der Waals surface area contributed by atoms with Crippen LogP contribution in [-0.4, -0.2) is 5.11 Å². The van der Waals surface area contributed by atoms with Crippen LogP contribution in [0.4, 0.5) is 0 Å². The zero-order valence-corrected chi connectivity index (χ0v) is 11.1. The van der Waals surface area contributed by atoms with Crippen LogP contribution in [0.15, 0.2) is 16.6 Å². The maximum atomic E-state index is 10.1. The van der Waals surface area contributed by atoms with E-state index in [1.165, 1.54) is 31.2 Å². The molecule has 1 nitrogen and oxygen atoms in total. The highest BCUT2D eigenvalue weighted by Crippen LogP contribution is 2.54. The Morgan fingerprint density at radius 3 is 2.69 bits per heavy atom. The van der Waals surface area contributed by atoms with E-state index in [1.807, 2.05) is 13.0 Å². The van der Waals surface area contributed by atoms with Crippen molar-refractivity contribution < 1.29 is 5.11 Å². The fraction of sp³-hybridized carbons (Fsp3) is 0.571. The van der Waals surface area contributed by atoms with E-state index in [4.69, 9.17) is 0 Å². The standard InChI is InChI=1S/C14H17BrO/c1-8-4-14(16)12(7-13(8)15)11-6-9-2-3-10(11)5-9/h4,7,9-11,16H,2-3,5-6H2,1H3. The van der Waals surface area contributed by atoms with E-state index >= 15 is 0 Å². The van der Waals surface area contributed by atoms with Gasteiger partial charge in [0.05, 0.1) is 0 Å². The van der Waals surface area contributed by atoms with Crippen LogP contribution >= 0.6 is 15.9 Å². The Bertz CT molecular complexity index is 427. The van der Waals surface area contributed by atoms with Gasteiger partial charge in [-0.3, -0.25) is 0 Å². The summed E-state index contributed by atoms with van der Waals surface area (Å²) in [6.45, 7) is 2.02. The lowest BCUT2D eigenvalue weighted by molar-refractivity contribution is 0.397. The highest BCUT2D eigenvalue weighted by molar-refractivity contribution is 9.10. The second-order valence-corrected chi connectivity index (χ2v) is 6.30. The fourth-order valence-corrected chi connectivity index (χ4v) is 3.97. The minimum Gasteiger partial charge on any atom is -0.508 e. The molecule has 2 aliphatic carbocycles. The van der Waals surface area contributed by atoms with Crippen molar-refractivity contribution >= 4 is 15.9 Å². The minimum absolute atomic E-state index is 0.498. The molecule has 0 aliphatic heterocycles. The summed E-state index contributed by atoms with van der Waals surface area (Å²) in [4.78, 5) is 0. The number of phenolic OH excluding ortho intramolecular Hbond substituents is 1. The highest BCUT2D eigenvalue weighted by Gasteiger charge is 2.41. The van der Waals surface area contributed by atoms with Crippen molar-refractivity contribution in [3.8, 4) is 5.75 Å². The molecule has 3 atom stereocenters. The van der Waals surface area contributed by atoms with E-state index in [1.54, 1.807) is 0 Å². The molecule has 0 heterocycles. The van der Waals surface area contributed by atoms with Crippen molar-refractivity contribution in [3.05, 3.63) is 27.7 Å². The molecule has 16 heavy (non-hydrogen) atoms. The summed E-state index contributed by atoms with van der Waals surface area (Å²) < 4.78 is 1.13. The monoisotopic (exact) mass is 280 g/mol. The number of aryl methyl sites for hydroxylation is 1. The van der Waals surface area contributed by atoms with Crippen molar-refractivity contribution in [3.63, 3.8) is 0 Å². The Hall–Kier alpha value is -0.500. The van der Waals surface area contributed by atoms with E-state index in [-0.39, 0.29) is 0 Å². The molecule has 2 fully saturated rings. The van der Waals surface area contributed by atoms with Crippen LogP contribution in [-0.2, 0) is 0 Å². The molecule has 0 spiro atoms. The summed E-state index contributed by atoms with van der Waals surface area (Å²) in [5.74, 6) is 2.86. The first kappa shape index (κ1) is 10.6. The predicted octanol–water partition coefficient (Wildman–Crippen LogP) is 4.37. The molecule has 1 aromatic carbocycles. The summed E-state index contributed by atoms with van der Waals surface area (Å²) in [6.07, 6.45) is 5.44. The van der Waals surface area contributed by atoms with Crippen LogP contribution in [0.3, 0.4) is 0 Å². The Labute approximate surface area is 105 Å². The molecular formula is C14H17BrO. The summed E-state index contributed by atoms with van der Waals surface area (Å²) in [7, 11) is 0. The largest absolute Gasteiger partial charge is 0.508 e. The summed E-state index contributed by atoms with van der Waals surface area (Å²) >= 11 is 3.57. The van der Waals surface area contributed by atoms with Crippen molar-refractivity contribution in [2.24, 2.45) is 11.8 Å². The first-order valence-electron chi connectivity index (χ1n) is 6.14. The van der Waals surface area contributed by atoms with Gasteiger partial charge in [-0.15, -0.1) is 0 Å². The van der Waals surface area contributed by atoms with Crippen LogP contribution in [0, 0.1) is 18.8 Å². The number of benzene rings is 1. The maximum Gasteiger partial charge on any atom is 0.119 e. The van der Waals surface area contributed by atoms with Gasteiger partial charge in [0.2, 0.25) is 0 Å². The molecule has 2 bridgehead atoms. The number of fused-ring (bicyclic) bond motifs is 2. The molecule has 0 saturated heterocycles. The Balaban J connectivity index is 1.98. The van der Waals surface area contributed by atoms with E-state index in [9.17, 15) is 5.11 Å². The van der Waals surface area contributed by atoms with Crippen LogP contribution in [0.25, 0.3) is 0 Å². The molecule has 0 amide bonds. The maximum absolute atomic E-state index is 10.1. The average molecular weight is 281 g/mol. The molecule has 1 aromatic rings. The first-order chi connectivity index (χ1) is 7.65. The third kappa shape index (κ3) is 1.58. The topological polar surface area (TPSA) is 20.2 Å². The summed E-state index contributed by atoms with van der Waals surface area (Å²) in [6, 6.07) is 4.03. The van der Waals surface area contributed by atoms with Gasteiger partial charge < -0.3 is 5.11 Å². The molecule has 2 saturated carbocycles. The molecule has 3 rings (SSSR count). The van der Waals surface area contributed by atoms with Gasteiger partial charge in [-0.05, 0) is 67.2 Å². The summed E-state index contributed by atoms with van der Waals surface area (Å²) in [5, 5.41) is 10.1. The fourth-order valence-electron chi connectivity index (χ4n) is 3.60. The van der Waals surface area contributed by atoms with Crippen LogP contribution < -0.4 is 0 Å². The van der Waals surface area contributed by atoms with E-state index < -0.39 is 0 Å². The lowest BCUT2D eigenvalue weighted by atomic mass is 9.83. The number of aromatic hydroxyl groups is 1. The Morgan fingerprint density at radius 1 is 1.25 bits per heavy atom. The lowest BCUT2D eigenvalue weighted by Gasteiger charge is -2.23. The molecule has 86 valence electrons. The number of phenols is 1. The Kier molecular flexibility index (Phi) is 2.50. The normalized spacial score (nSPS) is 32.2. The van der Waals surface area contributed by atoms with Crippen molar-refractivity contribution in [1.29, 1.82) is 0 Å². The van der Waals surface area contributed by atoms with Gasteiger partial charge in [0.1, 0.15) is 5.75 Å². The zero-order valence-electron chi connectivity index (χ0n) is 9.54. The third-order valence-electron chi connectivity index (χ3n) is 4.45. The van der Waals surface area contributed by atoms with Crippen LogP contribution in [0.5, 0.6) is 5.75 Å². The second-order valence-electron chi connectivity index (χ2n) is 5.44. The number of hydrogen-bond donors (Lipinski definition) is 1. The third-order valence-corrected chi connectivity index (χ3v) is 5.30. The van der Waals surface area contributed by atoms with Crippen molar-refractivity contribution in [2.75, 3.05) is 0 Å². The van der Waals surface area contributed by atoms with Gasteiger partial charge in [0, 0.05) is 4.47 Å². The van der Waals surface area contributed by atoms with Crippen molar-refractivity contribution in [1.82, 2.24) is 0 Å². The minimum atomic E-state index is 0.498. The predicted molar refractivity (Wildman–Crippen MR) is 68.7 cm³/mol.